The van der Waals surface area contributed by atoms with Crippen molar-refractivity contribution in [2.45, 2.75) is 25.4 Å². The second kappa shape index (κ2) is 5.40. The molecule has 98 valence electrons. The lowest BCUT2D eigenvalue weighted by atomic mass is 10.2. The van der Waals surface area contributed by atoms with Crippen LogP contribution >= 0.6 is 0 Å². The van der Waals surface area contributed by atoms with E-state index in [1.54, 1.807) is 4.90 Å². The predicted molar refractivity (Wildman–Crippen MR) is 71.5 cm³/mol. The van der Waals surface area contributed by atoms with Crippen molar-refractivity contribution in [3.8, 4) is 0 Å². The number of para-hydroxylation sites is 1. The molecular weight excluding hydrogens is 228 g/mol. The number of aliphatic hydroxyl groups excluding tert-OH is 1. The molecule has 1 amide bonds. The van der Waals surface area contributed by atoms with E-state index in [0.29, 0.717) is 0 Å². The molecule has 0 aromatic heterocycles. The van der Waals surface area contributed by atoms with E-state index in [0.717, 1.165) is 18.7 Å². The second-order valence-electron chi connectivity index (χ2n) is 4.81. The first-order valence-corrected chi connectivity index (χ1v) is 6.34. The van der Waals surface area contributed by atoms with Crippen LogP contribution < -0.4 is 4.90 Å². The number of carbonyl (C=O) groups excluding carboxylic acids is 1. The highest BCUT2D eigenvalue weighted by Gasteiger charge is 2.33. The lowest BCUT2D eigenvalue weighted by Gasteiger charge is -2.30. The van der Waals surface area contributed by atoms with Gasteiger partial charge in [-0.1, -0.05) is 18.2 Å². The lowest BCUT2D eigenvalue weighted by molar-refractivity contribution is -0.133. The number of benzene rings is 1. The van der Waals surface area contributed by atoms with E-state index in [2.05, 4.69) is 0 Å². The van der Waals surface area contributed by atoms with Gasteiger partial charge in [0.15, 0.2) is 0 Å². The van der Waals surface area contributed by atoms with E-state index in [1.165, 1.54) is 0 Å². The molecule has 1 aliphatic rings. The summed E-state index contributed by atoms with van der Waals surface area (Å²) >= 11 is 0. The minimum absolute atomic E-state index is 0.00801. The van der Waals surface area contributed by atoms with Crippen molar-refractivity contribution in [3.05, 3.63) is 30.3 Å². The van der Waals surface area contributed by atoms with Crippen molar-refractivity contribution in [2.24, 2.45) is 0 Å². The molecular formula is C14H20N2O2. The minimum atomic E-state index is -0.470. The van der Waals surface area contributed by atoms with Crippen molar-refractivity contribution in [1.29, 1.82) is 0 Å². The third-order valence-corrected chi connectivity index (χ3v) is 3.72. The molecule has 2 atom stereocenters. The zero-order valence-electron chi connectivity index (χ0n) is 10.9. The standard InChI is InChI=1S/C14H20N2O2/c1-11-8-9-16(12-6-4-3-5-7-12)13(10-17)14(18)15(11)2/h3-7,11,13,17H,8-10H2,1-2H3. The van der Waals surface area contributed by atoms with Crippen LogP contribution in [0.3, 0.4) is 0 Å². The molecule has 2 rings (SSSR count). The fourth-order valence-electron chi connectivity index (χ4n) is 2.37. The normalized spacial score (nSPS) is 25.2. The lowest BCUT2D eigenvalue weighted by Crippen LogP contribution is -2.48. The Morgan fingerprint density at radius 1 is 1.33 bits per heavy atom. The molecule has 18 heavy (non-hydrogen) atoms. The van der Waals surface area contributed by atoms with Crippen LogP contribution in [0.5, 0.6) is 0 Å². The van der Waals surface area contributed by atoms with Crippen LogP contribution in [-0.2, 0) is 4.79 Å². The SMILES string of the molecule is CC1CCN(c2ccccc2)C(CO)C(=O)N1C. The van der Waals surface area contributed by atoms with Crippen LogP contribution in [0.15, 0.2) is 30.3 Å². The summed E-state index contributed by atoms with van der Waals surface area (Å²) in [6, 6.07) is 9.55. The van der Waals surface area contributed by atoms with Gasteiger partial charge in [-0.15, -0.1) is 0 Å². The zero-order valence-corrected chi connectivity index (χ0v) is 10.9. The second-order valence-corrected chi connectivity index (χ2v) is 4.81. The van der Waals surface area contributed by atoms with Gasteiger partial charge in [-0.05, 0) is 25.5 Å². The number of hydrogen-bond acceptors (Lipinski definition) is 3. The van der Waals surface area contributed by atoms with E-state index >= 15 is 0 Å². The van der Waals surface area contributed by atoms with Gasteiger partial charge in [0.05, 0.1) is 6.61 Å². The molecule has 1 aromatic carbocycles. The summed E-state index contributed by atoms with van der Waals surface area (Å²) in [5.41, 5.74) is 0.993. The maximum absolute atomic E-state index is 12.3. The van der Waals surface area contributed by atoms with E-state index in [-0.39, 0.29) is 18.6 Å². The van der Waals surface area contributed by atoms with Crippen LogP contribution in [-0.4, -0.2) is 48.2 Å². The number of rotatable bonds is 2. The summed E-state index contributed by atoms with van der Waals surface area (Å²) in [6.45, 7) is 2.68. The summed E-state index contributed by atoms with van der Waals surface area (Å²) in [4.78, 5) is 16.0. The summed E-state index contributed by atoms with van der Waals surface area (Å²) in [5.74, 6) is -0.00801. The van der Waals surface area contributed by atoms with E-state index in [4.69, 9.17) is 0 Å². The average molecular weight is 248 g/mol. The van der Waals surface area contributed by atoms with Gasteiger partial charge in [-0.2, -0.15) is 0 Å². The van der Waals surface area contributed by atoms with Crippen LogP contribution in [0.2, 0.25) is 0 Å². The number of anilines is 1. The fraction of sp³-hybridized carbons (Fsp3) is 0.500. The molecule has 1 fully saturated rings. The molecule has 0 bridgehead atoms. The summed E-state index contributed by atoms with van der Waals surface area (Å²) in [6.07, 6.45) is 0.910. The minimum Gasteiger partial charge on any atom is -0.394 e. The van der Waals surface area contributed by atoms with Gasteiger partial charge in [0.25, 0.3) is 0 Å². The highest BCUT2D eigenvalue weighted by atomic mass is 16.3. The first kappa shape index (κ1) is 12.9. The molecule has 0 spiro atoms. The first-order valence-electron chi connectivity index (χ1n) is 6.34. The van der Waals surface area contributed by atoms with Crippen molar-refractivity contribution in [1.82, 2.24) is 4.90 Å². The first-order chi connectivity index (χ1) is 8.65. The molecule has 2 unspecified atom stereocenters. The largest absolute Gasteiger partial charge is 0.394 e. The van der Waals surface area contributed by atoms with Gasteiger partial charge >= 0.3 is 0 Å². The fourth-order valence-corrected chi connectivity index (χ4v) is 2.37. The number of carbonyl (C=O) groups is 1. The monoisotopic (exact) mass is 248 g/mol. The molecule has 0 saturated carbocycles. The maximum Gasteiger partial charge on any atom is 0.247 e. The average Bonchev–Trinajstić information content (AvgIpc) is 2.51. The Morgan fingerprint density at radius 3 is 2.61 bits per heavy atom. The molecule has 4 nitrogen and oxygen atoms in total. The topological polar surface area (TPSA) is 43.8 Å². The Balaban J connectivity index is 2.31. The number of hydrogen-bond donors (Lipinski definition) is 1. The molecule has 4 heteroatoms. The van der Waals surface area contributed by atoms with Crippen LogP contribution in [0.25, 0.3) is 0 Å². The Kier molecular flexibility index (Phi) is 3.87. The quantitative estimate of drug-likeness (QED) is 0.852. The summed E-state index contributed by atoms with van der Waals surface area (Å²) in [5, 5.41) is 9.53. The molecule has 1 heterocycles. The Labute approximate surface area is 108 Å². The highest BCUT2D eigenvalue weighted by molar-refractivity contribution is 5.86. The van der Waals surface area contributed by atoms with E-state index in [9.17, 15) is 9.90 Å². The Morgan fingerprint density at radius 2 is 2.00 bits per heavy atom. The molecule has 0 radical (unpaired) electrons. The summed E-state index contributed by atoms with van der Waals surface area (Å²) in [7, 11) is 1.81. The molecule has 1 N–H and O–H groups in total. The molecule has 0 aliphatic carbocycles. The molecule has 1 aromatic rings. The number of nitrogens with zero attached hydrogens (tertiary/aromatic N) is 2. The van der Waals surface area contributed by atoms with Crippen LogP contribution in [0.1, 0.15) is 13.3 Å². The van der Waals surface area contributed by atoms with Gasteiger partial charge in [-0.25, -0.2) is 0 Å². The third kappa shape index (κ3) is 2.34. The van der Waals surface area contributed by atoms with Crippen molar-refractivity contribution in [3.63, 3.8) is 0 Å². The third-order valence-electron chi connectivity index (χ3n) is 3.72. The summed E-state index contributed by atoms with van der Waals surface area (Å²) < 4.78 is 0. The van der Waals surface area contributed by atoms with Crippen LogP contribution in [0, 0.1) is 0 Å². The van der Waals surface area contributed by atoms with Crippen LogP contribution in [0.4, 0.5) is 5.69 Å². The molecule has 1 saturated heterocycles. The van der Waals surface area contributed by atoms with Crippen molar-refractivity contribution < 1.29 is 9.90 Å². The molecule has 1 aliphatic heterocycles. The highest BCUT2D eigenvalue weighted by Crippen LogP contribution is 2.22. The van der Waals surface area contributed by atoms with Gasteiger partial charge in [0.2, 0.25) is 5.91 Å². The smallest absolute Gasteiger partial charge is 0.247 e. The van der Waals surface area contributed by atoms with E-state index < -0.39 is 6.04 Å². The number of amides is 1. The van der Waals surface area contributed by atoms with Gasteiger partial charge in [0, 0.05) is 25.3 Å². The number of likely N-dealkylation sites (N-methyl/N-ethyl adjacent to an activating group) is 1. The zero-order chi connectivity index (χ0) is 13.1. The van der Waals surface area contributed by atoms with Gasteiger partial charge < -0.3 is 14.9 Å². The van der Waals surface area contributed by atoms with Crippen molar-refractivity contribution in [2.75, 3.05) is 25.1 Å². The number of aliphatic hydroxyl groups is 1. The Bertz CT molecular complexity index is 408. The van der Waals surface area contributed by atoms with Crippen molar-refractivity contribution >= 4 is 11.6 Å². The predicted octanol–water partition coefficient (Wildman–Crippen LogP) is 1.10. The maximum atomic E-state index is 12.3. The van der Waals surface area contributed by atoms with Gasteiger partial charge in [-0.3, -0.25) is 4.79 Å². The van der Waals surface area contributed by atoms with E-state index in [1.807, 2.05) is 49.2 Å². The Hall–Kier alpha value is -1.55. The van der Waals surface area contributed by atoms with Gasteiger partial charge in [0.1, 0.15) is 6.04 Å².